The van der Waals surface area contributed by atoms with E-state index in [9.17, 15) is 4.79 Å². The number of amides is 1. The molecule has 0 fully saturated rings. The van der Waals surface area contributed by atoms with E-state index in [0.29, 0.717) is 16.6 Å². The van der Waals surface area contributed by atoms with Crippen LogP contribution in [-0.4, -0.2) is 26.9 Å². The highest BCUT2D eigenvalue weighted by atomic mass is 35.5. The van der Waals surface area contributed by atoms with Crippen molar-refractivity contribution in [3.8, 4) is 11.3 Å². The van der Waals surface area contributed by atoms with Crippen LogP contribution in [0.4, 0.5) is 0 Å². The number of rotatable bonds is 7. The van der Waals surface area contributed by atoms with Gasteiger partial charge in [0.15, 0.2) is 0 Å². The predicted octanol–water partition coefficient (Wildman–Crippen LogP) is 4.32. The molecule has 146 valence electrons. The number of carbonyl (C=O) groups is 1. The van der Waals surface area contributed by atoms with Crippen molar-refractivity contribution in [2.75, 3.05) is 0 Å². The number of nitrogens with zero attached hydrogens (tertiary/aromatic N) is 4. The van der Waals surface area contributed by atoms with Gasteiger partial charge in [-0.1, -0.05) is 55.8 Å². The van der Waals surface area contributed by atoms with Gasteiger partial charge in [-0.05, 0) is 12.8 Å². The number of hydrogen-bond acceptors (Lipinski definition) is 5. The van der Waals surface area contributed by atoms with Crippen LogP contribution < -0.4 is 5.43 Å². The molecule has 3 rings (SSSR count). The largest absolute Gasteiger partial charge is 0.273 e. The fourth-order valence-electron chi connectivity index (χ4n) is 2.66. The predicted molar refractivity (Wildman–Crippen MR) is 114 cm³/mol. The van der Waals surface area contributed by atoms with Crippen molar-refractivity contribution < 1.29 is 4.79 Å². The van der Waals surface area contributed by atoms with Crippen molar-refractivity contribution in [1.29, 1.82) is 0 Å². The van der Waals surface area contributed by atoms with Gasteiger partial charge in [-0.25, -0.2) is 10.4 Å². The zero-order chi connectivity index (χ0) is 20.1. The first-order valence-electron chi connectivity index (χ1n) is 8.98. The molecule has 0 spiro atoms. The quantitative estimate of drug-likeness (QED) is 0.461. The molecular formula is C20H22ClN5OS. The minimum Gasteiger partial charge on any atom is -0.273 e. The van der Waals surface area contributed by atoms with Crippen molar-refractivity contribution in [2.24, 2.45) is 11.0 Å². The maximum Gasteiger partial charge on any atom is 0.246 e. The minimum atomic E-state index is -0.228. The Morgan fingerprint density at radius 1 is 1.36 bits per heavy atom. The summed E-state index contributed by atoms with van der Waals surface area (Å²) < 4.78 is 1.76. The van der Waals surface area contributed by atoms with Crippen LogP contribution in [0.3, 0.4) is 0 Å². The molecule has 3 aromatic rings. The van der Waals surface area contributed by atoms with Gasteiger partial charge in [-0.3, -0.25) is 9.48 Å². The van der Waals surface area contributed by atoms with E-state index in [1.807, 2.05) is 42.6 Å². The minimum absolute atomic E-state index is 0.175. The topological polar surface area (TPSA) is 72.2 Å². The molecule has 2 aromatic heterocycles. The number of aryl methyl sites for hydroxylation is 1. The average molecular weight is 416 g/mol. The molecule has 28 heavy (non-hydrogen) atoms. The molecule has 0 atom stereocenters. The molecule has 0 aliphatic carbocycles. The van der Waals surface area contributed by atoms with Gasteiger partial charge >= 0.3 is 0 Å². The molecule has 6 nitrogen and oxygen atoms in total. The normalized spacial score (nSPS) is 11.5. The van der Waals surface area contributed by atoms with Gasteiger partial charge in [0, 0.05) is 17.5 Å². The molecule has 0 aliphatic rings. The summed E-state index contributed by atoms with van der Waals surface area (Å²) in [7, 11) is 0. The smallest absolute Gasteiger partial charge is 0.246 e. The summed E-state index contributed by atoms with van der Waals surface area (Å²) in [6.45, 7) is 6.80. The molecule has 2 heterocycles. The van der Waals surface area contributed by atoms with Gasteiger partial charge in [-0.15, -0.1) is 11.3 Å². The third kappa shape index (κ3) is 5.05. The molecular weight excluding hydrogens is 394 g/mol. The summed E-state index contributed by atoms with van der Waals surface area (Å²) in [6.07, 6.45) is 1.71. The second-order valence-electron chi connectivity index (χ2n) is 6.83. The lowest BCUT2D eigenvalue weighted by molar-refractivity contribution is -0.120. The number of thiazole rings is 1. The second kappa shape index (κ2) is 9.12. The summed E-state index contributed by atoms with van der Waals surface area (Å²) in [5, 5.41) is 11.7. The van der Waals surface area contributed by atoms with E-state index < -0.39 is 0 Å². The Balaban J connectivity index is 1.59. The number of nitrogens with one attached hydrogen (secondary N) is 1. The van der Waals surface area contributed by atoms with Crippen molar-refractivity contribution in [1.82, 2.24) is 20.2 Å². The number of carbonyl (C=O) groups excluding carboxylic acids is 1. The van der Waals surface area contributed by atoms with Crippen LogP contribution in [0.1, 0.15) is 30.1 Å². The average Bonchev–Trinajstić information content (AvgIpc) is 3.22. The molecule has 0 aliphatic heterocycles. The lowest BCUT2D eigenvalue weighted by Gasteiger charge is -2.05. The fraction of sp³-hybridized carbons (Fsp3) is 0.300. The molecule has 8 heteroatoms. The Morgan fingerprint density at radius 2 is 2.11 bits per heavy atom. The van der Waals surface area contributed by atoms with Crippen LogP contribution in [0.5, 0.6) is 0 Å². The van der Waals surface area contributed by atoms with Gasteiger partial charge in [0.2, 0.25) is 5.91 Å². The summed E-state index contributed by atoms with van der Waals surface area (Å²) >= 11 is 7.83. The first-order chi connectivity index (χ1) is 13.4. The molecule has 0 saturated carbocycles. The molecule has 0 bridgehead atoms. The summed E-state index contributed by atoms with van der Waals surface area (Å²) in [5.41, 5.74) is 5.93. The molecule has 1 amide bonds. The Kier molecular flexibility index (Phi) is 6.59. The number of halogens is 1. The highest BCUT2D eigenvalue weighted by Crippen LogP contribution is 2.22. The van der Waals surface area contributed by atoms with E-state index in [0.717, 1.165) is 28.5 Å². The zero-order valence-corrected chi connectivity index (χ0v) is 17.6. The monoisotopic (exact) mass is 415 g/mol. The lowest BCUT2D eigenvalue weighted by atomic mass is 10.2. The standard InChI is InChI=1S/C20H22ClN5OS/c1-13(2)11-26-20(21)16(14(3)25-26)10-22-24-18(27)9-19-23-17(12-28-19)15-7-5-4-6-8-15/h4-8,10,12-13H,9,11H2,1-3H3,(H,24,27)/b22-10-. The van der Waals surface area contributed by atoms with Crippen molar-refractivity contribution in [2.45, 2.75) is 33.7 Å². The number of hydrazone groups is 1. The Morgan fingerprint density at radius 3 is 2.82 bits per heavy atom. The van der Waals surface area contributed by atoms with Crippen molar-refractivity contribution in [3.63, 3.8) is 0 Å². The third-order valence-corrected chi connectivity index (χ3v) is 5.21. The number of benzene rings is 1. The third-order valence-electron chi connectivity index (χ3n) is 3.96. The van der Waals surface area contributed by atoms with Crippen molar-refractivity contribution >= 4 is 35.1 Å². The van der Waals surface area contributed by atoms with E-state index >= 15 is 0 Å². The molecule has 0 unspecified atom stereocenters. The molecule has 1 N–H and O–H groups in total. The van der Waals surface area contributed by atoms with Crippen LogP contribution in [0.15, 0.2) is 40.8 Å². The lowest BCUT2D eigenvalue weighted by Crippen LogP contribution is -2.19. The Labute approximate surface area is 173 Å². The maximum atomic E-state index is 12.2. The summed E-state index contributed by atoms with van der Waals surface area (Å²) in [6, 6.07) is 9.88. The van der Waals surface area contributed by atoms with E-state index in [4.69, 9.17) is 11.6 Å². The summed E-state index contributed by atoms with van der Waals surface area (Å²) in [5.74, 6) is 0.203. The van der Waals surface area contributed by atoms with E-state index in [1.54, 1.807) is 4.68 Å². The second-order valence-corrected chi connectivity index (χ2v) is 8.13. The molecule has 0 saturated heterocycles. The highest BCUT2D eigenvalue weighted by molar-refractivity contribution is 7.10. The fourth-order valence-corrected chi connectivity index (χ4v) is 3.75. The van der Waals surface area contributed by atoms with Gasteiger partial charge in [0.25, 0.3) is 0 Å². The van der Waals surface area contributed by atoms with Gasteiger partial charge in [-0.2, -0.15) is 10.2 Å². The first-order valence-corrected chi connectivity index (χ1v) is 10.2. The van der Waals surface area contributed by atoms with Gasteiger partial charge < -0.3 is 0 Å². The highest BCUT2D eigenvalue weighted by Gasteiger charge is 2.13. The van der Waals surface area contributed by atoms with Crippen LogP contribution in [-0.2, 0) is 17.8 Å². The van der Waals surface area contributed by atoms with Gasteiger partial charge in [0.05, 0.1) is 29.6 Å². The summed E-state index contributed by atoms with van der Waals surface area (Å²) in [4.78, 5) is 16.7. The SMILES string of the molecule is Cc1nn(CC(C)C)c(Cl)c1/C=N\NC(=O)Cc1nc(-c2ccccc2)cs1. The number of aromatic nitrogens is 3. The van der Waals surface area contributed by atoms with Crippen LogP contribution in [0.25, 0.3) is 11.3 Å². The Hall–Kier alpha value is -2.51. The molecule has 0 radical (unpaired) electrons. The van der Waals surface area contributed by atoms with E-state index in [1.165, 1.54) is 17.6 Å². The zero-order valence-electron chi connectivity index (χ0n) is 16.0. The van der Waals surface area contributed by atoms with Gasteiger partial charge in [0.1, 0.15) is 10.2 Å². The van der Waals surface area contributed by atoms with E-state index in [2.05, 4.69) is 34.5 Å². The van der Waals surface area contributed by atoms with Crippen LogP contribution in [0, 0.1) is 12.8 Å². The maximum absolute atomic E-state index is 12.2. The van der Waals surface area contributed by atoms with Crippen molar-refractivity contribution in [3.05, 3.63) is 57.1 Å². The Bertz CT molecular complexity index is 978. The first kappa shape index (κ1) is 20.2. The number of hydrogen-bond donors (Lipinski definition) is 1. The van der Waals surface area contributed by atoms with Crippen LogP contribution >= 0.6 is 22.9 Å². The van der Waals surface area contributed by atoms with Crippen LogP contribution in [0.2, 0.25) is 5.15 Å². The van der Waals surface area contributed by atoms with E-state index in [-0.39, 0.29) is 12.3 Å². The molecule has 1 aromatic carbocycles.